The molecule has 3 heterocycles. The molecule has 0 spiro atoms. The molecule has 3 saturated heterocycles. The molecule has 3 aliphatic heterocycles. The third-order valence-corrected chi connectivity index (χ3v) is 14.7. The summed E-state index contributed by atoms with van der Waals surface area (Å²) in [5.74, 6) is -2.80. The van der Waals surface area contributed by atoms with Crippen molar-refractivity contribution in [3.05, 3.63) is 0 Å². The van der Waals surface area contributed by atoms with E-state index in [1.165, 1.54) is 14.0 Å². The number of nitrogens with one attached hydrogen (secondary N) is 1. The van der Waals surface area contributed by atoms with Crippen LogP contribution in [0, 0.1) is 23.7 Å². The number of hydrogen-bond donors (Lipinski definition) is 6. The first-order valence-electron chi connectivity index (χ1n) is 23.9. The van der Waals surface area contributed by atoms with Gasteiger partial charge in [-0.1, -0.05) is 41.0 Å². The number of nitrogens with two attached hydrogens (primary N) is 1. The van der Waals surface area contributed by atoms with Crippen molar-refractivity contribution in [3.8, 4) is 0 Å². The van der Waals surface area contributed by atoms with Crippen LogP contribution in [-0.2, 0) is 42.7 Å². The van der Waals surface area contributed by atoms with E-state index in [1.807, 2.05) is 67.6 Å². The molecule has 376 valence electrons. The molecule has 17 heteroatoms. The number of hydrogen-bond acceptors (Lipinski definition) is 16. The minimum atomic E-state index is -1.82. The van der Waals surface area contributed by atoms with Gasteiger partial charge in [0.2, 0.25) is 5.91 Å². The molecule has 0 aliphatic carbocycles. The minimum Gasteiger partial charge on any atom is -0.459 e. The molecule has 0 bridgehead atoms. The maximum atomic E-state index is 14.5. The second-order valence-electron chi connectivity index (χ2n) is 20.6. The Bertz CT molecular complexity index is 1440. The summed E-state index contributed by atoms with van der Waals surface area (Å²) in [5.41, 5.74) is 1.72. The number of methoxy groups -OCH3 is 1. The number of carbonyl (C=O) groups is 2. The van der Waals surface area contributed by atoms with Crippen molar-refractivity contribution in [2.24, 2.45) is 29.4 Å². The molecule has 20 atom stereocenters. The Kier molecular flexibility index (Phi) is 21.4. The average molecular weight is 919 g/mol. The smallest absolute Gasteiger partial charge is 0.311 e. The van der Waals surface area contributed by atoms with Crippen LogP contribution < -0.4 is 11.1 Å². The average Bonchev–Trinajstić information content (AvgIpc) is 3.23. The maximum absolute atomic E-state index is 14.5. The Morgan fingerprint density at radius 1 is 1.00 bits per heavy atom. The van der Waals surface area contributed by atoms with E-state index in [1.54, 1.807) is 34.6 Å². The summed E-state index contributed by atoms with van der Waals surface area (Å²) in [6.07, 6.45) is -6.46. The van der Waals surface area contributed by atoms with Gasteiger partial charge in [-0.3, -0.25) is 9.59 Å². The topological polar surface area (TPSA) is 224 Å². The lowest BCUT2D eigenvalue weighted by atomic mass is 9.77. The highest BCUT2D eigenvalue weighted by Gasteiger charge is 2.53. The third-order valence-electron chi connectivity index (χ3n) is 14.7. The minimum absolute atomic E-state index is 0.0472. The number of amides is 1. The van der Waals surface area contributed by atoms with E-state index in [9.17, 15) is 30.0 Å². The molecule has 3 fully saturated rings. The van der Waals surface area contributed by atoms with E-state index in [4.69, 9.17) is 38.9 Å². The summed E-state index contributed by atoms with van der Waals surface area (Å²) in [7, 11) is 7.31. The van der Waals surface area contributed by atoms with Gasteiger partial charge in [-0.15, -0.1) is 0 Å². The van der Waals surface area contributed by atoms with E-state index >= 15 is 0 Å². The fourth-order valence-corrected chi connectivity index (χ4v) is 10.0. The van der Waals surface area contributed by atoms with Crippen molar-refractivity contribution in [1.29, 1.82) is 0 Å². The molecule has 7 N–H and O–H groups in total. The fraction of sp³-hybridized carbons (Fsp3) is 0.957. The zero-order chi connectivity index (χ0) is 48.6. The molecular formula is C47H90N4O13. The molecule has 3 aliphatic rings. The largest absolute Gasteiger partial charge is 0.459 e. The van der Waals surface area contributed by atoms with Crippen LogP contribution in [0.5, 0.6) is 0 Å². The molecule has 17 nitrogen and oxygen atoms in total. The number of likely N-dealkylation sites (N-methyl/N-ethyl adjacent to an activating group) is 2. The van der Waals surface area contributed by atoms with Gasteiger partial charge in [-0.25, -0.2) is 0 Å². The van der Waals surface area contributed by atoms with Crippen LogP contribution in [0.25, 0.3) is 0 Å². The Hall–Kier alpha value is -1.58. The number of ether oxygens (including phenoxy) is 7. The predicted octanol–water partition coefficient (Wildman–Crippen LogP) is 2.80. The van der Waals surface area contributed by atoms with Crippen molar-refractivity contribution in [3.63, 3.8) is 0 Å². The van der Waals surface area contributed by atoms with Crippen LogP contribution in [0.3, 0.4) is 0 Å². The molecule has 0 aromatic carbocycles. The number of nitrogens with zero attached hydrogens (tertiary/aromatic N) is 2. The first-order valence-corrected chi connectivity index (χ1v) is 23.9. The SMILES string of the molecule is CC[C@H](C)[C@H](N)C(=O)NCCCO[C@H]1[C@H](O[C@@H]2[C@@H](C)[C@H](O[C@H]3C[C@@](C)(OC)[C@@H](O)[C@H](C)O3)[C@@H](C)C(=O)O[C@H](CC)[C@@](C)(O)[C@H](O)[C@@H](C)N(C)C[C@H](C)C[C@@]2(C)O)O[C@H](C)C[C@@H]1N(C)C. The van der Waals surface area contributed by atoms with Gasteiger partial charge >= 0.3 is 5.97 Å². The number of cyclic esters (lactones) is 1. The van der Waals surface area contributed by atoms with Crippen LogP contribution >= 0.6 is 0 Å². The van der Waals surface area contributed by atoms with E-state index in [2.05, 4.69) is 10.2 Å². The molecule has 0 radical (unpaired) electrons. The maximum Gasteiger partial charge on any atom is 0.311 e. The van der Waals surface area contributed by atoms with Gasteiger partial charge in [0, 0.05) is 51.2 Å². The van der Waals surface area contributed by atoms with Crippen molar-refractivity contribution >= 4 is 11.9 Å². The number of carbonyl (C=O) groups excluding carboxylic acids is 2. The van der Waals surface area contributed by atoms with Gasteiger partial charge in [0.05, 0.1) is 47.6 Å². The molecule has 0 aromatic heterocycles. The quantitative estimate of drug-likeness (QED) is 0.103. The molecule has 0 unspecified atom stereocenters. The van der Waals surface area contributed by atoms with Crippen LogP contribution in [0.15, 0.2) is 0 Å². The second kappa shape index (κ2) is 24.1. The van der Waals surface area contributed by atoms with Crippen molar-refractivity contribution < 1.29 is 63.2 Å². The van der Waals surface area contributed by atoms with Crippen molar-refractivity contribution in [2.45, 2.75) is 218 Å². The summed E-state index contributed by atoms with van der Waals surface area (Å²) in [6, 6.07) is -1.31. The lowest BCUT2D eigenvalue weighted by Gasteiger charge is -2.49. The number of esters is 1. The zero-order valence-electron chi connectivity index (χ0n) is 42.1. The first kappa shape index (κ1) is 56.7. The molecule has 1 amide bonds. The molecule has 0 aromatic rings. The Morgan fingerprint density at radius 2 is 1.64 bits per heavy atom. The van der Waals surface area contributed by atoms with Crippen molar-refractivity contribution in [1.82, 2.24) is 15.1 Å². The summed E-state index contributed by atoms with van der Waals surface area (Å²) in [6.45, 7) is 22.8. The van der Waals surface area contributed by atoms with Gasteiger partial charge in [0.1, 0.15) is 30.0 Å². The number of rotatable bonds is 15. The Balaban J connectivity index is 2.13. The van der Waals surface area contributed by atoms with Crippen molar-refractivity contribution in [2.75, 3.05) is 47.9 Å². The summed E-state index contributed by atoms with van der Waals surface area (Å²) in [4.78, 5) is 31.2. The van der Waals surface area contributed by atoms with E-state index in [0.29, 0.717) is 25.9 Å². The lowest BCUT2D eigenvalue weighted by Crippen LogP contribution is -2.61. The third kappa shape index (κ3) is 14.0. The normalized spacial score (nSPS) is 43.5. The van der Waals surface area contributed by atoms with Gasteiger partial charge < -0.3 is 74.4 Å². The Morgan fingerprint density at radius 3 is 2.22 bits per heavy atom. The predicted molar refractivity (Wildman–Crippen MR) is 243 cm³/mol. The monoisotopic (exact) mass is 919 g/mol. The fourth-order valence-electron chi connectivity index (χ4n) is 10.0. The second-order valence-corrected chi connectivity index (χ2v) is 20.6. The standard InChI is InChI=1S/C47H90N4O13/c1-17-27(4)36(48)42(54)49-20-19-21-59-38-33(50(13)14)22-28(5)60-44(38)64-41-29(6)37(63-35-24-46(11,58-16)40(53)32(9)61-35)30(7)43(55)62-34(18-2)47(12,57)39(52)31(8)51(15)25-26(3)23-45(41,10)56/h26-41,44,52-53,56-57H,17-25,48H2,1-16H3,(H,49,54)/t26-,27+,28-,29+,30-,31-,32+,33+,34-,35+,36+,37+,38-,39-,40+,41-,44+,45-,46-,47-/m1/s1. The van der Waals surface area contributed by atoms with Crippen LogP contribution in [0.4, 0.5) is 0 Å². The molecule has 3 rings (SSSR count). The number of aliphatic hydroxyl groups excluding tert-OH is 2. The van der Waals surface area contributed by atoms with Gasteiger partial charge in [0.25, 0.3) is 0 Å². The lowest BCUT2D eigenvalue weighted by molar-refractivity contribution is -0.321. The van der Waals surface area contributed by atoms with Crippen LogP contribution in [0.1, 0.15) is 122 Å². The van der Waals surface area contributed by atoms with Gasteiger partial charge in [0.15, 0.2) is 12.6 Å². The van der Waals surface area contributed by atoms with E-state index in [-0.39, 0.29) is 55.8 Å². The van der Waals surface area contributed by atoms with Gasteiger partial charge in [-0.2, -0.15) is 0 Å². The van der Waals surface area contributed by atoms with E-state index < -0.39 is 102 Å². The molecular weight excluding hydrogens is 829 g/mol. The Labute approximate surface area is 384 Å². The molecule has 64 heavy (non-hydrogen) atoms. The summed E-state index contributed by atoms with van der Waals surface area (Å²) >= 11 is 0. The zero-order valence-corrected chi connectivity index (χ0v) is 42.1. The summed E-state index contributed by atoms with van der Waals surface area (Å²) in [5, 5.41) is 50.4. The first-order chi connectivity index (χ1) is 29.7. The highest BCUT2D eigenvalue weighted by atomic mass is 16.7. The highest BCUT2D eigenvalue weighted by Crippen LogP contribution is 2.40. The van der Waals surface area contributed by atoms with E-state index in [0.717, 1.165) is 6.42 Å². The summed E-state index contributed by atoms with van der Waals surface area (Å²) < 4.78 is 45.4. The number of aliphatic hydroxyl groups is 4. The van der Waals surface area contributed by atoms with Crippen LogP contribution in [0.2, 0.25) is 0 Å². The highest BCUT2D eigenvalue weighted by molar-refractivity contribution is 5.81. The van der Waals surface area contributed by atoms with Crippen LogP contribution in [-0.4, -0.2) is 186 Å². The van der Waals surface area contributed by atoms with Gasteiger partial charge in [-0.05, 0) is 107 Å². The molecule has 0 saturated carbocycles.